The van der Waals surface area contributed by atoms with Crippen LogP contribution in [0.1, 0.15) is 34.6 Å². The third-order valence-corrected chi connectivity index (χ3v) is 8.54. The molecule has 0 heterocycles. The molecule has 0 saturated heterocycles. The van der Waals surface area contributed by atoms with Crippen molar-refractivity contribution < 1.29 is 47.5 Å². The molecule has 270 valence electrons. The Morgan fingerprint density at radius 1 is 0.385 bits per heavy atom. The monoisotopic (exact) mass is 706 g/mol. The van der Waals surface area contributed by atoms with Gasteiger partial charge in [0.1, 0.15) is 0 Å². The van der Waals surface area contributed by atoms with E-state index in [9.17, 15) is 9.59 Å². The normalized spacial score (nSPS) is 11.8. The van der Waals surface area contributed by atoms with E-state index in [0.717, 1.165) is 22.3 Å². The van der Waals surface area contributed by atoms with E-state index in [0.29, 0.717) is 57.1 Å². The summed E-state index contributed by atoms with van der Waals surface area (Å²) in [4.78, 5) is 26.4. The van der Waals surface area contributed by atoms with Crippen molar-refractivity contribution in [3.63, 3.8) is 0 Å². The summed E-state index contributed by atoms with van der Waals surface area (Å²) in [5, 5.41) is 0. The number of methoxy groups -OCH3 is 6. The molecule has 0 radical (unpaired) electrons. The Kier molecular flexibility index (Phi) is 11.9. The fraction of sp³-hybridized carbons (Fsp3) is 0.238. The van der Waals surface area contributed by atoms with E-state index in [1.54, 1.807) is 76.6 Å². The van der Waals surface area contributed by atoms with Gasteiger partial charge in [0, 0.05) is 11.1 Å². The molecule has 5 aromatic rings. The maximum atomic E-state index is 13.2. The minimum atomic E-state index is -0.796. The summed E-state index contributed by atoms with van der Waals surface area (Å²) >= 11 is 0. The summed E-state index contributed by atoms with van der Waals surface area (Å²) in [5.41, 5.74) is 4.52. The molecule has 10 nitrogen and oxygen atoms in total. The van der Waals surface area contributed by atoms with E-state index >= 15 is 0 Å². The first-order chi connectivity index (χ1) is 25.1. The molecule has 2 atom stereocenters. The Bertz CT molecular complexity index is 1910. The summed E-state index contributed by atoms with van der Waals surface area (Å²) in [5.74, 6) is 3.38. The number of carbonyl (C=O) groups is 2. The lowest BCUT2D eigenvalue weighted by atomic mass is 9.98. The lowest BCUT2D eigenvalue weighted by Crippen LogP contribution is -2.24. The number of Topliss-reactive ketones (excluding diaryl/α,β-unsaturated/α-hetero) is 2. The standard InChI is InChI=1S/C42H42O10/c1-25(41(43)31-14-16-33(45-3)37(23-31)47-5)51-35-18-12-29(21-39(35)49-7)27-10-9-11-28(20-27)30-13-19-36(40(22-30)50-8)52-26(2)42(44)32-15-17-34(46-4)38(24-32)48-6/h9-26H,1-8H3/t25-,26-/m1/s1. The molecule has 5 aromatic carbocycles. The molecule has 52 heavy (non-hydrogen) atoms. The summed E-state index contributed by atoms with van der Waals surface area (Å²) in [6, 6.07) is 29.2. The molecule has 0 aliphatic rings. The second-order valence-corrected chi connectivity index (χ2v) is 11.7. The summed E-state index contributed by atoms with van der Waals surface area (Å²) in [6.07, 6.45) is -1.59. The Labute approximate surface area is 303 Å². The Balaban J connectivity index is 1.32. The van der Waals surface area contributed by atoms with Crippen LogP contribution in [0.3, 0.4) is 0 Å². The van der Waals surface area contributed by atoms with Crippen molar-refractivity contribution in [2.24, 2.45) is 0 Å². The zero-order valence-corrected chi connectivity index (χ0v) is 30.5. The molecular formula is C42H42O10. The number of benzene rings is 5. The number of hydrogen-bond acceptors (Lipinski definition) is 10. The fourth-order valence-electron chi connectivity index (χ4n) is 5.70. The van der Waals surface area contributed by atoms with Crippen molar-refractivity contribution in [1.82, 2.24) is 0 Å². The van der Waals surface area contributed by atoms with Crippen LogP contribution in [0.5, 0.6) is 46.0 Å². The zero-order chi connectivity index (χ0) is 37.4. The van der Waals surface area contributed by atoms with Gasteiger partial charge in [0.15, 0.2) is 58.2 Å². The zero-order valence-electron chi connectivity index (χ0n) is 30.5. The molecule has 5 rings (SSSR count). The fourth-order valence-corrected chi connectivity index (χ4v) is 5.70. The molecule has 0 unspecified atom stereocenters. The highest BCUT2D eigenvalue weighted by Crippen LogP contribution is 2.38. The third-order valence-electron chi connectivity index (χ3n) is 8.54. The Morgan fingerprint density at radius 3 is 1.08 bits per heavy atom. The van der Waals surface area contributed by atoms with E-state index in [-0.39, 0.29) is 11.6 Å². The Hall–Kier alpha value is -6.16. The van der Waals surface area contributed by atoms with Gasteiger partial charge < -0.3 is 37.9 Å². The third kappa shape index (κ3) is 8.07. The van der Waals surface area contributed by atoms with Gasteiger partial charge in [0.2, 0.25) is 11.6 Å². The van der Waals surface area contributed by atoms with Crippen LogP contribution in [0, 0.1) is 0 Å². The minimum absolute atomic E-state index is 0.217. The predicted octanol–water partition coefficient (Wildman–Crippen LogP) is 8.37. The molecule has 0 spiro atoms. The van der Waals surface area contributed by atoms with Crippen molar-refractivity contribution in [3.05, 3.63) is 108 Å². The number of ether oxygens (including phenoxy) is 8. The second kappa shape index (κ2) is 16.7. The highest BCUT2D eigenvalue weighted by Gasteiger charge is 2.22. The molecule has 0 fully saturated rings. The van der Waals surface area contributed by atoms with Gasteiger partial charge in [-0.05, 0) is 103 Å². The first-order valence-corrected chi connectivity index (χ1v) is 16.5. The summed E-state index contributed by atoms with van der Waals surface area (Å²) in [6.45, 7) is 3.38. The lowest BCUT2D eigenvalue weighted by molar-refractivity contribution is 0.0808. The maximum absolute atomic E-state index is 13.2. The van der Waals surface area contributed by atoms with Gasteiger partial charge in [-0.15, -0.1) is 0 Å². The lowest BCUT2D eigenvalue weighted by Gasteiger charge is -2.18. The average molecular weight is 707 g/mol. The van der Waals surface area contributed by atoms with E-state index in [1.807, 2.05) is 42.5 Å². The van der Waals surface area contributed by atoms with Gasteiger partial charge in [-0.2, -0.15) is 0 Å². The molecule has 10 heteroatoms. The molecule has 0 saturated carbocycles. The topological polar surface area (TPSA) is 108 Å². The van der Waals surface area contributed by atoms with Crippen molar-refractivity contribution >= 4 is 11.6 Å². The second-order valence-electron chi connectivity index (χ2n) is 11.7. The van der Waals surface area contributed by atoms with Crippen molar-refractivity contribution in [1.29, 1.82) is 0 Å². The Morgan fingerprint density at radius 2 is 0.712 bits per heavy atom. The van der Waals surface area contributed by atoms with E-state index in [4.69, 9.17) is 37.9 Å². The van der Waals surface area contributed by atoms with Crippen LogP contribution < -0.4 is 37.9 Å². The van der Waals surface area contributed by atoms with Crippen molar-refractivity contribution in [2.75, 3.05) is 42.7 Å². The van der Waals surface area contributed by atoms with E-state index < -0.39 is 12.2 Å². The van der Waals surface area contributed by atoms with E-state index in [2.05, 4.69) is 6.07 Å². The van der Waals surface area contributed by atoms with Crippen molar-refractivity contribution in [2.45, 2.75) is 26.1 Å². The minimum Gasteiger partial charge on any atom is -0.493 e. The van der Waals surface area contributed by atoms with Crippen LogP contribution in [-0.2, 0) is 0 Å². The van der Waals surface area contributed by atoms with Gasteiger partial charge in [0.25, 0.3) is 0 Å². The van der Waals surface area contributed by atoms with Gasteiger partial charge in [-0.1, -0.05) is 30.3 Å². The molecule has 0 bridgehead atoms. The molecule has 0 aromatic heterocycles. The quantitative estimate of drug-likeness (QED) is 0.0929. The van der Waals surface area contributed by atoms with Crippen LogP contribution >= 0.6 is 0 Å². The molecule has 0 amide bonds. The summed E-state index contributed by atoms with van der Waals surface area (Å²) in [7, 11) is 9.23. The van der Waals surface area contributed by atoms with Crippen molar-refractivity contribution in [3.8, 4) is 68.2 Å². The van der Waals surface area contributed by atoms with Crippen LogP contribution in [-0.4, -0.2) is 66.4 Å². The van der Waals surface area contributed by atoms with Crippen LogP contribution in [0.15, 0.2) is 97.1 Å². The predicted molar refractivity (Wildman–Crippen MR) is 198 cm³/mol. The first kappa shape index (κ1) is 37.1. The van der Waals surface area contributed by atoms with Gasteiger partial charge in [-0.25, -0.2) is 0 Å². The van der Waals surface area contributed by atoms with Gasteiger partial charge in [-0.3, -0.25) is 9.59 Å². The highest BCUT2D eigenvalue weighted by molar-refractivity contribution is 6.00. The maximum Gasteiger partial charge on any atom is 0.203 e. The number of carbonyl (C=O) groups excluding carboxylic acids is 2. The first-order valence-electron chi connectivity index (χ1n) is 16.5. The van der Waals surface area contributed by atoms with Crippen LogP contribution in [0.4, 0.5) is 0 Å². The molecule has 0 aliphatic heterocycles. The molecule has 0 aliphatic carbocycles. The number of rotatable bonds is 16. The molecular weight excluding hydrogens is 664 g/mol. The summed E-state index contributed by atoms with van der Waals surface area (Å²) < 4.78 is 44.8. The van der Waals surface area contributed by atoms with Crippen LogP contribution in [0.25, 0.3) is 22.3 Å². The highest BCUT2D eigenvalue weighted by atomic mass is 16.5. The largest absolute Gasteiger partial charge is 0.493 e. The van der Waals surface area contributed by atoms with E-state index in [1.165, 1.54) is 28.4 Å². The SMILES string of the molecule is COc1ccc(C(=O)[C@@H](C)Oc2ccc(-c3cccc(-c4ccc(O[C@H](C)C(=O)c5ccc(OC)c(OC)c5)c(OC)c4)c3)cc2OC)cc1OC. The molecule has 0 N–H and O–H groups in total. The van der Waals surface area contributed by atoms with Crippen LogP contribution in [0.2, 0.25) is 0 Å². The average Bonchev–Trinajstić information content (AvgIpc) is 3.19. The number of ketones is 2. The number of hydrogen-bond donors (Lipinski definition) is 0. The van der Waals surface area contributed by atoms with Gasteiger partial charge in [0.05, 0.1) is 42.7 Å². The van der Waals surface area contributed by atoms with Gasteiger partial charge >= 0.3 is 0 Å². The smallest absolute Gasteiger partial charge is 0.203 e.